The van der Waals surface area contributed by atoms with Crippen LogP contribution in [-0.2, 0) is 17.8 Å². The molecule has 180 valence electrons. The molecule has 0 spiro atoms. The van der Waals surface area contributed by atoms with E-state index in [9.17, 15) is 13.6 Å². The maximum atomic E-state index is 14.0. The monoisotopic (exact) mass is 467 g/mol. The van der Waals surface area contributed by atoms with Gasteiger partial charge >= 0.3 is 0 Å². The number of hydrogen-bond acceptors (Lipinski definition) is 4. The van der Waals surface area contributed by atoms with Crippen molar-refractivity contribution in [1.82, 2.24) is 19.6 Å². The average molecular weight is 468 g/mol. The standard InChI is InChI=1S/C26H31F2N5O/c1-4-22-15-23(20-13-18(2)26(28)19(3)14-20)30-33(22)17-25(34)32-11-9-31(10-12-32)24-8-6-5-7-21(27)16-29-24/h7-8,13-16H,4-6,9-12,17H2,1-3H3. The lowest BCUT2D eigenvalue weighted by atomic mass is 10.0. The third kappa shape index (κ3) is 5.26. The number of aryl methyl sites for hydroxylation is 3. The van der Waals surface area contributed by atoms with E-state index in [0.717, 1.165) is 35.6 Å². The number of benzene rings is 1. The third-order valence-corrected chi connectivity index (χ3v) is 6.35. The zero-order valence-corrected chi connectivity index (χ0v) is 20.0. The molecule has 0 unspecified atom stereocenters. The number of nitrogens with zero attached hydrogens (tertiary/aromatic N) is 5. The number of amides is 1. The molecular formula is C26H31F2N5O. The van der Waals surface area contributed by atoms with Gasteiger partial charge in [0.05, 0.1) is 11.9 Å². The summed E-state index contributed by atoms with van der Waals surface area (Å²) in [6.45, 7) is 8.16. The van der Waals surface area contributed by atoms with Crippen molar-refractivity contribution in [2.24, 2.45) is 4.99 Å². The zero-order chi connectivity index (χ0) is 24.2. The van der Waals surface area contributed by atoms with Crippen LogP contribution < -0.4 is 0 Å². The van der Waals surface area contributed by atoms with Gasteiger partial charge in [-0.05, 0) is 74.6 Å². The number of aromatic nitrogens is 2. The van der Waals surface area contributed by atoms with Gasteiger partial charge in [-0.3, -0.25) is 9.48 Å². The van der Waals surface area contributed by atoms with E-state index >= 15 is 0 Å². The summed E-state index contributed by atoms with van der Waals surface area (Å²) in [5, 5.41) is 4.68. The number of allylic oxidation sites excluding steroid dienone is 3. The first kappa shape index (κ1) is 23.9. The first-order chi connectivity index (χ1) is 16.4. The highest BCUT2D eigenvalue weighted by Gasteiger charge is 2.23. The molecule has 2 aromatic rings. The lowest BCUT2D eigenvalue weighted by Gasteiger charge is -2.36. The van der Waals surface area contributed by atoms with Crippen molar-refractivity contribution in [3.05, 3.63) is 64.6 Å². The summed E-state index contributed by atoms with van der Waals surface area (Å²) < 4.78 is 29.4. The quantitative estimate of drug-likeness (QED) is 0.647. The number of carbonyl (C=O) groups is 1. The van der Waals surface area contributed by atoms with Crippen molar-refractivity contribution in [2.45, 2.75) is 46.6 Å². The molecular weight excluding hydrogens is 436 g/mol. The first-order valence-electron chi connectivity index (χ1n) is 11.8. The highest BCUT2D eigenvalue weighted by Crippen LogP contribution is 2.25. The first-order valence-corrected chi connectivity index (χ1v) is 11.8. The van der Waals surface area contributed by atoms with Crippen LogP contribution in [0.2, 0.25) is 0 Å². The van der Waals surface area contributed by atoms with Gasteiger partial charge in [-0.15, -0.1) is 0 Å². The molecule has 8 heteroatoms. The molecule has 0 radical (unpaired) electrons. The summed E-state index contributed by atoms with van der Waals surface area (Å²) >= 11 is 0. The molecule has 0 atom stereocenters. The summed E-state index contributed by atoms with van der Waals surface area (Å²) in [4.78, 5) is 21.3. The average Bonchev–Trinajstić information content (AvgIpc) is 3.23. The fraction of sp³-hybridized carbons (Fsp3) is 0.423. The predicted octanol–water partition coefficient (Wildman–Crippen LogP) is 4.57. The minimum atomic E-state index is -0.310. The number of rotatable bonds is 5. The summed E-state index contributed by atoms with van der Waals surface area (Å²) in [5.74, 6) is 0.274. The van der Waals surface area contributed by atoms with E-state index in [1.807, 2.05) is 24.0 Å². The van der Waals surface area contributed by atoms with Crippen LogP contribution in [0, 0.1) is 19.7 Å². The minimum Gasteiger partial charge on any atom is -0.353 e. The number of aliphatic imine (C=N–C) groups is 1. The third-order valence-electron chi connectivity index (χ3n) is 6.35. The van der Waals surface area contributed by atoms with E-state index in [2.05, 4.69) is 15.0 Å². The molecule has 2 aliphatic heterocycles. The molecule has 0 aliphatic carbocycles. The maximum Gasteiger partial charge on any atom is 0.244 e. The number of carbonyl (C=O) groups excluding carboxylic acids is 1. The second-order valence-electron chi connectivity index (χ2n) is 8.81. The van der Waals surface area contributed by atoms with Gasteiger partial charge in [0.2, 0.25) is 5.91 Å². The molecule has 1 aromatic heterocycles. The van der Waals surface area contributed by atoms with Crippen molar-refractivity contribution >= 4 is 12.1 Å². The van der Waals surface area contributed by atoms with Crippen molar-refractivity contribution in [2.75, 3.05) is 26.2 Å². The Balaban J connectivity index is 1.42. The van der Waals surface area contributed by atoms with Crippen molar-refractivity contribution < 1.29 is 13.6 Å². The molecule has 1 aromatic carbocycles. The molecule has 1 saturated heterocycles. The fourth-order valence-electron chi connectivity index (χ4n) is 4.40. The summed E-state index contributed by atoms with van der Waals surface area (Å²) in [6, 6.07) is 5.57. The predicted molar refractivity (Wildman–Crippen MR) is 130 cm³/mol. The molecule has 1 fully saturated rings. The zero-order valence-electron chi connectivity index (χ0n) is 20.0. The Hall–Kier alpha value is -3.29. The highest BCUT2D eigenvalue weighted by molar-refractivity contribution is 5.77. The topological polar surface area (TPSA) is 53.7 Å². The van der Waals surface area contributed by atoms with Crippen LogP contribution in [0.15, 0.2) is 47.0 Å². The van der Waals surface area contributed by atoms with Gasteiger partial charge in [0.25, 0.3) is 0 Å². The molecule has 0 N–H and O–H groups in total. The summed E-state index contributed by atoms with van der Waals surface area (Å²) in [7, 11) is 0. The van der Waals surface area contributed by atoms with Gasteiger partial charge in [-0.2, -0.15) is 5.10 Å². The molecule has 2 aliphatic rings. The lowest BCUT2D eigenvalue weighted by Crippen LogP contribution is -2.49. The number of piperazine rings is 1. The van der Waals surface area contributed by atoms with Gasteiger partial charge in [0.1, 0.15) is 24.0 Å². The van der Waals surface area contributed by atoms with Crippen LogP contribution in [0.25, 0.3) is 11.3 Å². The van der Waals surface area contributed by atoms with Gasteiger partial charge in [0, 0.05) is 37.4 Å². The van der Waals surface area contributed by atoms with E-state index in [4.69, 9.17) is 0 Å². The van der Waals surface area contributed by atoms with Crippen molar-refractivity contribution in [3.8, 4) is 11.3 Å². The number of halogens is 2. The van der Waals surface area contributed by atoms with Gasteiger partial charge in [-0.1, -0.05) is 6.92 Å². The lowest BCUT2D eigenvalue weighted by molar-refractivity contribution is -0.133. The molecule has 34 heavy (non-hydrogen) atoms. The Kier molecular flexibility index (Phi) is 7.24. The second kappa shape index (κ2) is 10.3. The van der Waals surface area contributed by atoms with E-state index in [-0.39, 0.29) is 24.1 Å². The minimum absolute atomic E-state index is 0.0135. The van der Waals surface area contributed by atoms with Crippen LogP contribution in [0.4, 0.5) is 8.78 Å². The maximum absolute atomic E-state index is 14.0. The Morgan fingerprint density at radius 2 is 1.68 bits per heavy atom. The van der Waals surface area contributed by atoms with E-state index in [1.165, 1.54) is 12.3 Å². The van der Waals surface area contributed by atoms with Crippen molar-refractivity contribution in [1.29, 1.82) is 0 Å². The van der Waals surface area contributed by atoms with Crippen LogP contribution in [0.5, 0.6) is 0 Å². The molecule has 0 saturated carbocycles. The smallest absolute Gasteiger partial charge is 0.244 e. The van der Waals surface area contributed by atoms with Gasteiger partial charge in [0.15, 0.2) is 0 Å². The molecule has 6 nitrogen and oxygen atoms in total. The van der Waals surface area contributed by atoms with Crippen molar-refractivity contribution in [3.63, 3.8) is 0 Å². The Labute approximate surface area is 199 Å². The Morgan fingerprint density at radius 1 is 1.00 bits per heavy atom. The van der Waals surface area contributed by atoms with Gasteiger partial charge in [-0.25, -0.2) is 13.8 Å². The molecule has 4 rings (SSSR count). The second-order valence-corrected chi connectivity index (χ2v) is 8.81. The largest absolute Gasteiger partial charge is 0.353 e. The van der Waals surface area contributed by atoms with E-state index < -0.39 is 0 Å². The van der Waals surface area contributed by atoms with Crippen LogP contribution in [0.3, 0.4) is 0 Å². The SMILES string of the molecule is CCc1cc(-c2cc(C)c(F)c(C)c2)nn1CC(=O)N1CCN(C2=CCCC=C(F)C=N2)CC1. The summed E-state index contributed by atoms with van der Waals surface area (Å²) in [5.41, 5.74) is 3.73. The van der Waals surface area contributed by atoms with E-state index in [0.29, 0.717) is 43.7 Å². The van der Waals surface area contributed by atoms with Crippen LogP contribution in [-0.4, -0.2) is 57.9 Å². The molecule has 3 heterocycles. The van der Waals surface area contributed by atoms with E-state index in [1.54, 1.807) is 30.7 Å². The Bertz CT molecular complexity index is 1130. The normalized spacial score (nSPS) is 16.7. The van der Waals surface area contributed by atoms with Crippen LogP contribution in [0.1, 0.15) is 36.6 Å². The number of hydrogen-bond donors (Lipinski definition) is 0. The fourth-order valence-corrected chi connectivity index (χ4v) is 4.40. The van der Waals surface area contributed by atoms with Gasteiger partial charge < -0.3 is 9.80 Å². The van der Waals surface area contributed by atoms with Crippen LogP contribution >= 0.6 is 0 Å². The molecule has 1 amide bonds. The Morgan fingerprint density at radius 3 is 2.35 bits per heavy atom. The molecule has 0 bridgehead atoms. The highest BCUT2D eigenvalue weighted by atomic mass is 19.1. The summed E-state index contributed by atoms with van der Waals surface area (Å²) in [6.07, 6.45) is 6.96.